The van der Waals surface area contributed by atoms with Gasteiger partial charge in [-0.2, -0.15) is 0 Å². The van der Waals surface area contributed by atoms with E-state index in [1.807, 2.05) is 0 Å². The maximum Gasteiger partial charge on any atom is 0.0948 e. The van der Waals surface area contributed by atoms with Gasteiger partial charge in [0.15, 0.2) is 0 Å². The molecule has 86 valence electrons. The molecule has 0 radical (unpaired) electrons. The zero-order chi connectivity index (χ0) is 12.0. The van der Waals surface area contributed by atoms with Crippen molar-refractivity contribution in [2.45, 2.75) is 13.0 Å². The van der Waals surface area contributed by atoms with Crippen molar-refractivity contribution in [2.24, 2.45) is 11.0 Å². The van der Waals surface area contributed by atoms with Crippen molar-refractivity contribution in [3.05, 3.63) is 40.3 Å². The Hall–Kier alpha value is -1.58. The second kappa shape index (κ2) is 6.10. The Balaban J connectivity index is 2.90. The number of azide groups is 1. The standard InChI is InChI=1S/C11H14FN3O/c1-8(7-12)11(16-2)9-3-5-10(6-4-9)14-15-13/h3-6,8,11H,7H2,1-2H3/t8-,11+/m1/s1. The first-order valence-electron chi connectivity index (χ1n) is 4.96. The summed E-state index contributed by atoms with van der Waals surface area (Å²) >= 11 is 0. The Morgan fingerprint density at radius 3 is 2.50 bits per heavy atom. The van der Waals surface area contributed by atoms with Gasteiger partial charge in [-0.1, -0.05) is 36.3 Å². The predicted octanol–water partition coefficient (Wildman–Crippen LogP) is 3.92. The topological polar surface area (TPSA) is 58.0 Å². The van der Waals surface area contributed by atoms with Crippen LogP contribution in [-0.2, 0) is 4.74 Å². The summed E-state index contributed by atoms with van der Waals surface area (Å²) < 4.78 is 17.8. The second-order valence-corrected chi connectivity index (χ2v) is 3.57. The molecule has 0 aliphatic heterocycles. The van der Waals surface area contributed by atoms with Crippen LogP contribution in [0.1, 0.15) is 18.6 Å². The van der Waals surface area contributed by atoms with Gasteiger partial charge in [-0.25, -0.2) is 0 Å². The summed E-state index contributed by atoms with van der Waals surface area (Å²) in [6, 6.07) is 6.94. The summed E-state index contributed by atoms with van der Waals surface area (Å²) in [5.74, 6) is -0.199. The van der Waals surface area contributed by atoms with Crippen molar-refractivity contribution in [3.63, 3.8) is 0 Å². The number of ether oxygens (including phenoxy) is 1. The summed E-state index contributed by atoms with van der Waals surface area (Å²) in [4.78, 5) is 2.69. The molecule has 0 unspecified atom stereocenters. The number of hydrogen-bond acceptors (Lipinski definition) is 2. The van der Waals surface area contributed by atoms with Crippen LogP contribution in [0.5, 0.6) is 0 Å². The van der Waals surface area contributed by atoms with Crippen molar-refractivity contribution in [1.29, 1.82) is 0 Å². The summed E-state index contributed by atoms with van der Waals surface area (Å²) in [6.07, 6.45) is -0.273. The van der Waals surface area contributed by atoms with Gasteiger partial charge in [-0.05, 0) is 11.1 Å². The lowest BCUT2D eigenvalue weighted by Gasteiger charge is -2.20. The van der Waals surface area contributed by atoms with E-state index >= 15 is 0 Å². The van der Waals surface area contributed by atoms with E-state index in [4.69, 9.17) is 10.3 Å². The Morgan fingerprint density at radius 2 is 2.06 bits per heavy atom. The number of hydrogen-bond donors (Lipinski definition) is 0. The maximum absolute atomic E-state index is 12.6. The minimum absolute atomic E-state index is 0.199. The number of alkyl halides is 1. The first-order valence-corrected chi connectivity index (χ1v) is 4.96. The fraction of sp³-hybridized carbons (Fsp3) is 0.455. The highest BCUT2D eigenvalue weighted by molar-refractivity contribution is 5.39. The third-order valence-corrected chi connectivity index (χ3v) is 2.40. The molecule has 0 heterocycles. The SMILES string of the molecule is CO[C@H](c1ccc(N=[N+]=[N-])cc1)[C@H](C)CF. The Morgan fingerprint density at radius 1 is 1.44 bits per heavy atom. The molecule has 0 aromatic heterocycles. The van der Waals surface area contributed by atoms with E-state index in [1.54, 1.807) is 38.3 Å². The van der Waals surface area contributed by atoms with Gasteiger partial charge in [0.25, 0.3) is 0 Å². The van der Waals surface area contributed by atoms with Crippen molar-refractivity contribution in [2.75, 3.05) is 13.8 Å². The third kappa shape index (κ3) is 2.95. The third-order valence-electron chi connectivity index (χ3n) is 2.40. The molecular weight excluding hydrogens is 209 g/mol. The lowest BCUT2D eigenvalue weighted by Crippen LogP contribution is -2.13. The van der Waals surface area contributed by atoms with Gasteiger partial charge in [0.2, 0.25) is 0 Å². The fourth-order valence-corrected chi connectivity index (χ4v) is 1.56. The maximum atomic E-state index is 12.6. The molecule has 16 heavy (non-hydrogen) atoms. The largest absolute Gasteiger partial charge is 0.376 e. The highest BCUT2D eigenvalue weighted by Crippen LogP contribution is 2.27. The molecule has 1 aromatic carbocycles. The molecule has 0 bridgehead atoms. The molecule has 0 fully saturated rings. The van der Waals surface area contributed by atoms with Crippen LogP contribution in [0.2, 0.25) is 0 Å². The summed E-state index contributed by atoms with van der Waals surface area (Å²) in [7, 11) is 1.55. The van der Waals surface area contributed by atoms with Crippen LogP contribution >= 0.6 is 0 Å². The van der Waals surface area contributed by atoms with Crippen LogP contribution in [0.4, 0.5) is 10.1 Å². The molecule has 1 rings (SSSR count). The van der Waals surface area contributed by atoms with E-state index in [9.17, 15) is 4.39 Å². The molecule has 1 aromatic rings. The Bertz CT molecular complexity index is 373. The van der Waals surface area contributed by atoms with Crippen molar-refractivity contribution < 1.29 is 9.13 Å². The molecule has 0 saturated carbocycles. The van der Waals surface area contributed by atoms with Gasteiger partial charge >= 0.3 is 0 Å². The second-order valence-electron chi connectivity index (χ2n) is 3.57. The van der Waals surface area contributed by atoms with E-state index in [0.717, 1.165) is 5.56 Å². The van der Waals surface area contributed by atoms with Crippen LogP contribution in [0.3, 0.4) is 0 Å². The summed E-state index contributed by atoms with van der Waals surface area (Å²) in [5, 5.41) is 3.46. The molecule has 0 aliphatic carbocycles. The van der Waals surface area contributed by atoms with Gasteiger partial charge in [-0.15, -0.1) is 0 Å². The van der Waals surface area contributed by atoms with E-state index < -0.39 is 6.67 Å². The molecule has 0 saturated heterocycles. The van der Waals surface area contributed by atoms with Crippen LogP contribution in [-0.4, -0.2) is 13.8 Å². The van der Waals surface area contributed by atoms with E-state index in [2.05, 4.69) is 10.0 Å². The minimum Gasteiger partial charge on any atom is -0.376 e. The molecule has 0 spiro atoms. The lowest BCUT2D eigenvalue weighted by molar-refractivity contribution is 0.0480. The number of rotatable bonds is 5. The van der Waals surface area contributed by atoms with Crippen molar-refractivity contribution in [3.8, 4) is 0 Å². The first kappa shape index (κ1) is 12.5. The molecule has 0 N–H and O–H groups in total. The van der Waals surface area contributed by atoms with Gasteiger partial charge < -0.3 is 4.74 Å². The molecular formula is C11H14FN3O. The number of nitrogens with zero attached hydrogens (tertiary/aromatic N) is 3. The van der Waals surface area contributed by atoms with Crippen LogP contribution in [0.25, 0.3) is 10.4 Å². The number of benzene rings is 1. The monoisotopic (exact) mass is 223 g/mol. The molecule has 0 amide bonds. The molecule has 4 nitrogen and oxygen atoms in total. The zero-order valence-corrected chi connectivity index (χ0v) is 9.30. The number of methoxy groups -OCH3 is 1. The normalized spacial score (nSPS) is 13.9. The lowest BCUT2D eigenvalue weighted by atomic mass is 9.98. The smallest absolute Gasteiger partial charge is 0.0948 e. The van der Waals surface area contributed by atoms with Gasteiger partial charge in [0.1, 0.15) is 0 Å². The van der Waals surface area contributed by atoms with E-state index in [0.29, 0.717) is 5.69 Å². The zero-order valence-electron chi connectivity index (χ0n) is 9.30. The van der Waals surface area contributed by atoms with Crippen LogP contribution < -0.4 is 0 Å². The fourth-order valence-electron chi connectivity index (χ4n) is 1.56. The minimum atomic E-state index is -0.434. The molecule has 0 aliphatic rings. The average molecular weight is 223 g/mol. The predicted molar refractivity (Wildman–Crippen MR) is 60.1 cm³/mol. The summed E-state index contributed by atoms with van der Waals surface area (Å²) in [5.41, 5.74) is 9.67. The van der Waals surface area contributed by atoms with E-state index in [1.165, 1.54) is 0 Å². The molecule has 5 heteroatoms. The van der Waals surface area contributed by atoms with Crippen LogP contribution in [0.15, 0.2) is 29.4 Å². The van der Waals surface area contributed by atoms with Gasteiger partial charge in [-0.3, -0.25) is 4.39 Å². The Kier molecular flexibility index (Phi) is 4.76. The first-order chi connectivity index (χ1) is 7.72. The van der Waals surface area contributed by atoms with Gasteiger partial charge in [0, 0.05) is 23.6 Å². The van der Waals surface area contributed by atoms with Crippen molar-refractivity contribution in [1.82, 2.24) is 0 Å². The quantitative estimate of drug-likeness (QED) is 0.424. The van der Waals surface area contributed by atoms with Gasteiger partial charge in [0.05, 0.1) is 12.8 Å². The Labute approximate surface area is 93.7 Å². The van der Waals surface area contributed by atoms with E-state index in [-0.39, 0.29) is 12.0 Å². The highest BCUT2D eigenvalue weighted by atomic mass is 19.1. The average Bonchev–Trinajstić information content (AvgIpc) is 2.32. The number of halogens is 1. The molecule has 2 atom stereocenters. The van der Waals surface area contributed by atoms with Crippen LogP contribution in [0, 0.1) is 5.92 Å². The summed E-state index contributed by atoms with van der Waals surface area (Å²) in [6.45, 7) is 1.35. The highest BCUT2D eigenvalue weighted by Gasteiger charge is 2.18. The van der Waals surface area contributed by atoms with Crippen molar-refractivity contribution >= 4 is 5.69 Å².